The Balaban J connectivity index is 1.63. The fraction of sp³-hybridized carbons (Fsp3) is 0.417. The highest BCUT2D eigenvalue weighted by atomic mass is 32.1. The molecule has 2 aromatic heterocycles. The number of nitrogens with two attached hydrogens (primary N) is 1. The molecule has 1 aliphatic rings. The first-order valence-corrected chi connectivity index (χ1v) is 12.7. The normalized spacial score (nSPS) is 16.2. The van der Waals surface area contributed by atoms with Crippen LogP contribution in [0.3, 0.4) is 0 Å². The van der Waals surface area contributed by atoms with E-state index in [9.17, 15) is 23.1 Å². The number of halogens is 3. The van der Waals surface area contributed by atoms with Gasteiger partial charge in [-0.3, -0.25) is 15.0 Å². The number of carbonyl (C=O) groups excluding carboxylic acids is 1. The van der Waals surface area contributed by atoms with Gasteiger partial charge in [-0.05, 0) is 44.0 Å². The van der Waals surface area contributed by atoms with Crippen LogP contribution in [-0.2, 0) is 12.7 Å². The van der Waals surface area contributed by atoms with Gasteiger partial charge in [0.2, 0.25) is 0 Å². The number of aromatic hydroxyl groups is 1. The van der Waals surface area contributed by atoms with Gasteiger partial charge in [-0.2, -0.15) is 13.2 Å². The lowest BCUT2D eigenvalue weighted by molar-refractivity contribution is -0.138. The summed E-state index contributed by atoms with van der Waals surface area (Å²) in [6.45, 7) is 4.40. The van der Waals surface area contributed by atoms with E-state index in [2.05, 4.69) is 37.4 Å². The van der Waals surface area contributed by atoms with E-state index in [1.54, 1.807) is 0 Å². The van der Waals surface area contributed by atoms with Crippen molar-refractivity contribution in [2.45, 2.75) is 44.9 Å². The van der Waals surface area contributed by atoms with Crippen molar-refractivity contribution in [1.82, 2.24) is 19.9 Å². The largest absolute Gasteiger partial charge is 0.507 e. The van der Waals surface area contributed by atoms with Gasteiger partial charge in [-0.15, -0.1) is 0 Å². The molecule has 198 valence electrons. The Hall–Kier alpha value is -3.29. The predicted molar refractivity (Wildman–Crippen MR) is 135 cm³/mol. The topological polar surface area (TPSA) is 129 Å². The fourth-order valence-corrected chi connectivity index (χ4v) is 5.30. The third-order valence-corrected chi connectivity index (χ3v) is 7.10. The van der Waals surface area contributed by atoms with Gasteiger partial charge in [0.15, 0.2) is 5.13 Å². The zero-order valence-electron chi connectivity index (χ0n) is 20.2. The van der Waals surface area contributed by atoms with Crippen LogP contribution in [0.15, 0.2) is 30.6 Å². The highest BCUT2D eigenvalue weighted by Crippen LogP contribution is 2.40. The van der Waals surface area contributed by atoms with Crippen LogP contribution in [0.4, 0.5) is 24.1 Å². The number of hydrogen-bond acceptors (Lipinski definition) is 9. The zero-order valence-corrected chi connectivity index (χ0v) is 21.0. The Morgan fingerprint density at radius 1 is 1.30 bits per heavy atom. The van der Waals surface area contributed by atoms with E-state index in [-0.39, 0.29) is 16.4 Å². The molecule has 4 rings (SSSR count). The van der Waals surface area contributed by atoms with Gasteiger partial charge >= 0.3 is 6.18 Å². The minimum atomic E-state index is -4.72. The van der Waals surface area contributed by atoms with E-state index in [1.807, 2.05) is 0 Å². The second-order valence-electron chi connectivity index (χ2n) is 8.65. The molecule has 3 heterocycles. The number of likely N-dealkylation sites (tertiary alicyclic amines) is 1. The quantitative estimate of drug-likeness (QED) is 0.319. The molecular weight excluding hydrogens is 507 g/mol. The first-order chi connectivity index (χ1) is 17.7. The highest BCUT2D eigenvalue weighted by Gasteiger charge is 2.35. The molecule has 1 aliphatic heterocycles. The number of alkyl halides is 3. The lowest BCUT2D eigenvalue weighted by Gasteiger charge is -2.22. The van der Waals surface area contributed by atoms with Crippen LogP contribution in [0, 0.1) is 0 Å². The summed E-state index contributed by atoms with van der Waals surface area (Å²) in [4.78, 5) is 28.5. The van der Waals surface area contributed by atoms with Gasteiger partial charge in [0.25, 0.3) is 5.91 Å². The van der Waals surface area contributed by atoms with Crippen LogP contribution in [0.1, 0.15) is 47.1 Å². The molecule has 0 spiro atoms. The molecule has 0 unspecified atom stereocenters. The third-order valence-electron chi connectivity index (χ3n) is 6.15. The number of amides is 1. The minimum absolute atomic E-state index is 0.0613. The van der Waals surface area contributed by atoms with Gasteiger partial charge in [0.05, 0.1) is 23.7 Å². The SMILES string of the molecule is CC[C@@H]1CCCN1Cc1sc(NC(=O)c2cnc(NCCN)cn2)nc1-c1ccc(O)c(C(F)(F)F)c1. The first-order valence-electron chi connectivity index (χ1n) is 11.9. The highest BCUT2D eigenvalue weighted by molar-refractivity contribution is 7.16. The average Bonchev–Trinajstić information content (AvgIpc) is 3.49. The zero-order chi connectivity index (χ0) is 26.6. The molecule has 1 saturated heterocycles. The Morgan fingerprint density at radius 2 is 2.11 bits per heavy atom. The first kappa shape index (κ1) is 26.8. The molecule has 5 N–H and O–H groups in total. The number of nitrogens with zero attached hydrogens (tertiary/aromatic N) is 4. The van der Waals surface area contributed by atoms with Crippen molar-refractivity contribution in [2.24, 2.45) is 5.73 Å². The van der Waals surface area contributed by atoms with E-state index < -0.39 is 23.4 Å². The van der Waals surface area contributed by atoms with Crippen molar-refractivity contribution >= 4 is 28.2 Å². The van der Waals surface area contributed by atoms with Gasteiger partial charge in [-0.25, -0.2) is 15.0 Å². The second kappa shape index (κ2) is 11.4. The summed E-state index contributed by atoms with van der Waals surface area (Å²) in [7, 11) is 0. The number of benzene rings is 1. The average molecular weight is 536 g/mol. The van der Waals surface area contributed by atoms with Crippen molar-refractivity contribution in [3.8, 4) is 17.0 Å². The number of thiazole rings is 1. The van der Waals surface area contributed by atoms with Crippen molar-refractivity contribution in [1.29, 1.82) is 0 Å². The predicted octanol–water partition coefficient (Wildman–Crippen LogP) is 4.32. The third kappa shape index (κ3) is 6.35. The lowest BCUT2D eigenvalue weighted by Crippen LogP contribution is -2.28. The fourth-order valence-electron chi connectivity index (χ4n) is 4.30. The summed E-state index contributed by atoms with van der Waals surface area (Å²) in [6.07, 6.45) is 1.07. The molecule has 9 nitrogen and oxygen atoms in total. The smallest absolute Gasteiger partial charge is 0.419 e. The van der Waals surface area contributed by atoms with E-state index in [0.717, 1.165) is 42.8 Å². The number of aromatic nitrogens is 3. The summed E-state index contributed by atoms with van der Waals surface area (Å²) < 4.78 is 40.4. The Labute approximate surface area is 216 Å². The van der Waals surface area contributed by atoms with Crippen LogP contribution in [0.25, 0.3) is 11.3 Å². The number of rotatable bonds is 9. The standard InChI is InChI=1S/C24H28F3N7O2S/c1-2-15-4-3-9-34(15)13-19-21(14-5-6-18(35)16(10-14)24(25,26)27)32-23(37-19)33-22(36)17-11-31-20(12-30-17)29-8-7-28/h5-6,10-12,15,35H,2-4,7-9,13,28H2,1H3,(H,29,31)(H,32,33,36)/t15-/m1/s1. The monoisotopic (exact) mass is 535 g/mol. The minimum Gasteiger partial charge on any atom is -0.507 e. The Kier molecular flexibility index (Phi) is 8.25. The number of carbonyl (C=O) groups is 1. The van der Waals surface area contributed by atoms with E-state index >= 15 is 0 Å². The molecule has 0 aliphatic carbocycles. The summed E-state index contributed by atoms with van der Waals surface area (Å²) in [6, 6.07) is 3.67. The molecule has 3 aromatic rings. The van der Waals surface area contributed by atoms with Gasteiger partial charge in [-0.1, -0.05) is 18.3 Å². The molecule has 13 heteroatoms. The van der Waals surface area contributed by atoms with Crippen LogP contribution in [0.5, 0.6) is 5.75 Å². The summed E-state index contributed by atoms with van der Waals surface area (Å²) in [5.74, 6) is -0.918. The number of nitrogens with one attached hydrogen (secondary N) is 2. The summed E-state index contributed by atoms with van der Waals surface area (Å²) in [5, 5.41) is 15.7. The second-order valence-corrected chi connectivity index (χ2v) is 9.74. The van der Waals surface area contributed by atoms with Crippen molar-refractivity contribution in [3.05, 3.63) is 46.7 Å². The van der Waals surface area contributed by atoms with Crippen LogP contribution < -0.4 is 16.4 Å². The van der Waals surface area contributed by atoms with Gasteiger partial charge in [0, 0.05) is 36.1 Å². The number of phenols is 1. The number of anilines is 2. The molecule has 0 radical (unpaired) electrons. The maximum Gasteiger partial charge on any atom is 0.419 e. The molecule has 0 bridgehead atoms. The Bertz CT molecular complexity index is 1230. The van der Waals surface area contributed by atoms with Crippen molar-refractivity contribution < 1.29 is 23.1 Å². The molecule has 37 heavy (non-hydrogen) atoms. The van der Waals surface area contributed by atoms with Crippen molar-refractivity contribution in [2.75, 3.05) is 30.3 Å². The molecule has 1 aromatic carbocycles. The molecule has 1 fully saturated rings. The van der Waals surface area contributed by atoms with Gasteiger partial charge < -0.3 is 16.2 Å². The molecule has 1 amide bonds. The van der Waals surface area contributed by atoms with E-state index in [0.29, 0.717) is 37.2 Å². The number of hydrogen-bond donors (Lipinski definition) is 4. The van der Waals surface area contributed by atoms with E-state index in [1.165, 1.54) is 29.8 Å². The number of phenolic OH excluding ortho intramolecular Hbond substituents is 1. The summed E-state index contributed by atoms with van der Waals surface area (Å²) in [5.41, 5.74) is 4.91. The molecular formula is C24H28F3N7O2S. The maximum atomic E-state index is 13.5. The van der Waals surface area contributed by atoms with Crippen LogP contribution in [-0.4, -0.2) is 56.5 Å². The van der Waals surface area contributed by atoms with Gasteiger partial charge in [0.1, 0.15) is 17.3 Å². The molecule has 1 atom stereocenters. The maximum absolute atomic E-state index is 13.5. The van der Waals surface area contributed by atoms with Crippen LogP contribution in [0.2, 0.25) is 0 Å². The van der Waals surface area contributed by atoms with Crippen molar-refractivity contribution in [3.63, 3.8) is 0 Å². The lowest BCUT2D eigenvalue weighted by atomic mass is 10.1. The van der Waals surface area contributed by atoms with E-state index in [4.69, 9.17) is 5.73 Å². The molecule has 0 saturated carbocycles. The van der Waals surface area contributed by atoms with Crippen LogP contribution >= 0.6 is 11.3 Å². The summed E-state index contributed by atoms with van der Waals surface area (Å²) >= 11 is 1.21. The Morgan fingerprint density at radius 3 is 2.78 bits per heavy atom.